The molecule has 1 aromatic rings. The number of hydrogen-bond donors (Lipinski definition) is 1. The number of methoxy groups -OCH3 is 1. The van der Waals surface area contributed by atoms with Gasteiger partial charge in [0.15, 0.2) is 0 Å². The summed E-state index contributed by atoms with van der Waals surface area (Å²) in [6.07, 6.45) is 7.69. The largest absolute Gasteiger partial charge is 0.467 e. The van der Waals surface area contributed by atoms with Crippen molar-refractivity contribution < 1.29 is 9.15 Å². The molecule has 1 saturated carbocycles. The maximum absolute atomic E-state index is 5.84. The summed E-state index contributed by atoms with van der Waals surface area (Å²) in [5.41, 5.74) is 1.32. The van der Waals surface area contributed by atoms with Crippen molar-refractivity contribution in [2.45, 2.75) is 43.7 Å². The van der Waals surface area contributed by atoms with Crippen molar-refractivity contribution in [2.75, 3.05) is 13.7 Å². The van der Waals surface area contributed by atoms with Crippen LogP contribution in [0.1, 0.15) is 43.0 Å². The third-order valence-corrected chi connectivity index (χ3v) is 4.17. The average Bonchev–Trinajstić information content (AvgIpc) is 2.98. The third kappa shape index (κ3) is 1.42. The molecule has 0 spiro atoms. The normalized spacial score (nSPS) is 27.9. The van der Waals surface area contributed by atoms with Crippen molar-refractivity contribution in [3.05, 3.63) is 23.7 Å². The zero-order valence-electron chi connectivity index (χ0n) is 9.79. The lowest BCUT2D eigenvalue weighted by Gasteiger charge is -2.38. The number of rotatable bonds is 2. The van der Waals surface area contributed by atoms with Gasteiger partial charge in [0.2, 0.25) is 0 Å². The highest BCUT2D eigenvalue weighted by molar-refractivity contribution is 5.26. The minimum absolute atomic E-state index is 0.0347. The molecule has 0 bridgehead atoms. The second-order valence-electron chi connectivity index (χ2n) is 4.92. The van der Waals surface area contributed by atoms with Crippen molar-refractivity contribution in [3.8, 4) is 0 Å². The molecular formula is C13H19NO2. The van der Waals surface area contributed by atoms with Crippen LogP contribution in [-0.4, -0.2) is 19.3 Å². The van der Waals surface area contributed by atoms with E-state index in [2.05, 4.69) is 11.4 Å². The predicted molar refractivity (Wildman–Crippen MR) is 61.4 cm³/mol. The van der Waals surface area contributed by atoms with Gasteiger partial charge in [-0.1, -0.05) is 12.8 Å². The Hall–Kier alpha value is -0.800. The van der Waals surface area contributed by atoms with Crippen LogP contribution in [0.3, 0.4) is 0 Å². The second kappa shape index (κ2) is 3.90. The Labute approximate surface area is 96.2 Å². The summed E-state index contributed by atoms with van der Waals surface area (Å²) in [6, 6.07) is 2.35. The van der Waals surface area contributed by atoms with Crippen molar-refractivity contribution in [2.24, 2.45) is 0 Å². The van der Waals surface area contributed by atoms with Crippen molar-refractivity contribution in [1.82, 2.24) is 5.32 Å². The number of fused-ring (bicyclic) bond motifs is 1. The van der Waals surface area contributed by atoms with E-state index in [1.807, 2.05) is 13.4 Å². The fraction of sp³-hybridized carbons (Fsp3) is 0.692. The van der Waals surface area contributed by atoms with E-state index in [1.54, 1.807) is 0 Å². The van der Waals surface area contributed by atoms with E-state index in [0.29, 0.717) is 0 Å². The molecule has 2 aliphatic rings. The van der Waals surface area contributed by atoms with Crippen molar-refractivity contribution >= 4 is 0 Å². The first-order chi connectivity index (χ1) is 7.86. The van der Waals surface area contributed by atoms with Crippen LogP contribution in [0.15, 0.2) is 16.7 Å². The average molecular weight is 221 g/mol. The summed E-state index contributed by atoms with van der Waals surface area (Å²) in [5.74, 6) is 1.11. The first-order valence-electron chi connectivity index (χ1n) is 6.20. The fourth-order valence-electron chi connectivity index (χ4n) is 3.26. The van der Waals surface area contributed by atoms with Gasteiger partial charge in [-0.2, -0.15) is 0 Å². The molecule has 1 fully saturated rings. The van der Waals surface area contributed by atoms with Gasteiger partial charge in [-0.05, 0) is 30.9 Å². The molecule has 2 heterocycles. The molecular weight excluding hydrogens is 202 g/mol. The van der Waals surface area contributed by atoms with Crippen molar-refractivity contribution in [1.29, 1.82) is 0 Å². The highest BCUT2D eigenvalue weighted by Crippen LogP contribution is 2.44. The molecule has 0 saturated heterocycles. The summed E-state index contributed by atoms with van der Waals surface area (Å²) in [7, 11) is 1.84. The Morgan fingerprint density at radius 1 is 1.44 bits per heavy atom. The number of nitrogens with one attached hydrogen (secondary N) is 1. The van der Waals surface area contributed by atoms with Gasteiger partial charge in [-0.3, -0.25) is 0 Å². The predicted octanol–water partition coefficient (Wildman–Crippen LogP) is 2.43. The molecule has 0 radical (unpaired) electrons. The molecule has 1 aromatic heterocycles. The summed E-state index contributed by atoms with van der Waals surface area (Å²) in [4.78, 5) is 0. The lowest BCUT2D eigenvalue weighted by molar-refractivity contribution is -0.0439. The molecule has 3 nitrogen and oxygen atoms in total. The van der Waals surface area contributed by atoms with Gasteiger partial charge in [0, 0.05) is 13.7 Å². The Bertz CT molecular complexity index is 366. The molecule has 88 valence electrons. The summed E-state index contributed by atoms with van der Waals surface area (Å²) < 4.78 is 11.5. The monoisotopic (exact) mass is 221 g/mol. The van der Waals surface area contributed by atoms with E-state index in [4.69, 9.17) is 9.15 Å². The smallest absolute Gasteiger partial charge is 0.126 e. The van der Waals surface area contributed by atoms with Crippen LogP contribution in [0.25, 0.3) is 0 Å². The molecule has 3 rings (SSSR count). The molecule has 0 aromatic carbocycles. The second-order valence-corrected chi connectivity index (χ2v) is 4.92. The van der Waals surface area contributed by atoms with Gasteiger partial charge < -0.3 is 14.5 Å². The fourth-order valence-corrected chi connectivity index (χ4v) is 3.26. The van der Waals surface area contributed by atoms with Gasteiger partial charge in [0.1, 0.15) is 5.76 Å². The Balaban J connectivity index is 1.96. The van der Waals surface area contributed by atoms with E-state index >= 15 is 0 Å². The Kier molecular flexibility index (Phi) is 2.52. The lowest BCUT2D eigenvalue weighted by atomic mass is 9.86. The molecule has 1 unspecified atom stereocenters. The first-order valence-corrected chi connectivity index (χ1v) is 6.20. The van der Waals surface area contributed by atoms with Crippen LogP contribution in [0, 0.1) is 0 Å². The van der Waals surface area contributed by atoms with Gasteiger partial charge in [-0.25, -0.2) is 0 Å². The minimum Gasteiger partial charge on any atom is -0.467 e. The SMILES string of the molecule is COC1(C2NCCc3ccoc32)CCCC1. The maximum atomic E-state index is 5.84. The quantitative estimate of drug-likeness (QED) is 0.833. The Morgan fingerprint density at radius 3 is 3.00 bits per heavy atom. The third-order valence-electron chi connectivity index (χ3n) is 4.17. The molecule has 3 heteroatoms. The standard InChI is InChI=1S/C13H19NO2/c1-15-13(6-2-3-7-13)12-11-10(4-8-14-12)5-9-16-11/h5,9,12,14H,2-4,6-8H2,1H3. The van der Waals surface area contributed by atoms with E-state index in [-0.39, 0.29) is 11.6 Å². The molecule has 0 amide bonds. The van der Waals surface area contributed by atoms with Crippen LogP contribution >= 0.6 is 0 Å². The highest BCUT2D eigenvalue weighted by atomic mass is 16.5. The van der Waals surface area contributed by atoms with Gasteiger partial charge in [0.25, 0.3) is 0 Å². The van der Waals surface area contributed by atoms with E-state index < -0.39 is 0 Å². The summed E-state index contributed by atoms with van der Waals surface area (Å²) in [6.45, 7) is 1.03. The lowest BCUT2D eigenvalue weighted by Crippen LogP contribution is -2.46. The molecule has 16 heavy (non-hydrogen) atoms. The highest BCUT2D eigenvalue weighted by Gasteiger charge is 2.45. The Morgan fingerprint density at radius 2 is 2.25 bits per heavy atom. The van der Waals surface area contributed by atoms with Crippen LogP contribution < -0.4 is 5.32 Å². The van der Waals surface area contributed by atoms with Gasteiger partial charge in [-0.15, -0.1) is 0 Å². The molecule has 1 N–H and O–H groups in total. The van der Waals surface area contributed by atoms with Crippen LogP contribution in [-0.2, 0) is 11.2 Å². The van der Waals surface area contributed by atoms with Gasteiger partial charge in [0.05, 0.1) is 17.9 Å². The van der Waals surface area contributed by atoms with E-state index in [0.717, 1.165) is 31.6 Å². The zero-order valence-corrected chi connectivity index (χ0v) is 9.79. The minimum atomic E-state index is -0.0347. The molecule has 1 aliphatic heterocycles. The zero-order chi connectivity index (χ0) is 11.0. The topological polar surface area (TPSA) is 34.4 Å². The van der Waals surface area contributed by atoms with Crippen molar-refractivity contribution in [3.63, 3.8) is 0 Å². The summed E-state index contributed by atoms with van der Waals surface area (Å²) >= 11 is 0. The van der Waals surface area contributed by atoms with E-state index in [1.165, 1.54) is 18.4 Å². The number of hydrogen-bond acceptors (Lipinski definition) is 3. The van der Waals surface area contributed by atoms with Crippen LogP contribution in [0.2, 0.25) is 0 Å². The van der Waals surface area contributed by atoms with Crippen LogP contribution in [0.5, 0.6) is 0 Å². The van der Waals surface area contributed by atoms with Gasteiger partial charge >= 0.3 is 0 Å². The maximum Gasteiger partial charge on any atom is 0.126 e. The summed E-state index contributed by atoms with van der Waals surface area (Å²) in [5, 5.41) is 3.58. The number of furan rings is 1. The van der Waals surface area contributed by atoms with E-state index in [9.17, 15) is 0 Å². The van der Waals surface area contributed by atoms with Crippen LogP contribution in [0.4, 0.5) is 0 Å². The molecule has 1 aliphatic carbocycles. The first kappa shape index (κ1) is 10.4. The number of ether oxygens (including phenoxy) is 1. The molecule has 1 atom stereocenters.